The summed E-state index contributed by atoms with van der Waals surface area (Å²) in [5.41, 5.74) is 13.8. The van der Waals surface area contributed by atoms with E-state index in [2.05, 4.69) is 190 Å². The standard InChI is InChI=1S/C56H35N5O/c1-3-15-36(16-4-1)55-57-58-56(61(55)40-19-5-2-6-20-40)39-29-30-51-46(33-39)43-23-7-10-26-49(43)59(51)41-21-13-17-37(31-41)38-18-14-22-42(32-38)60-50-27-11-8-24-44(50)47-34-48-45-25-9-12-28-53(45)62-54(48)35-52(47)60/h1-35H. The van der Waals surface area contributed by atoms with Crippen LogP contribution >= 0.6 is 0 Å². The zero-order chi connectivity index (χ0) is 40.7. The van der Waals surface area contributed by atoms with E-state index in [-0.39, 0.29) is 0 Å². The van der Waals surface area contributed by atoms with Gasteiger partial charge in [0.2, 0.25) is 0 Å². The molecule has 4 heterocycles. The van der Waals surface area contributed by atoms with Gasteiger partial charge < -0.3 is 13.6 Å². The maximum absolute atomic E-state index is 6.40. The highest BCUT2D eigenvalue weighted by Crippen LogP contribution is 2.40. The number of nitrogens with zero attached hydrogens (tertiary/aromatic N) is 5. The molecule has 0 fully saturated rings. The molecule has 0 amide bonds. The fourth-order valence-corrected chi connectivity index (χ4v) is 9.57. The minimum atomic E-state index is 0.793. The van der Waals surface area contributed by atoms with Crippen LogP contribution in [0.15, 0.2) is 217 Å². The van der Waals surface area contributed by atoms with Crippen molar-refractivity contribution in [2.75, 3.05) is 0 Å². The Morgan fingerprint density at radius 2 is 0.790 bits per heavy atom. The Balaban J connectivity index is 0.940. The van der Waals surface area contributed by atoms with Crippen LogP contribution in [-0.2, 0) is 0 Å². The maximum atomic E-state index is 6.40. The van der Waals surface area contributed by atoms with Crippen molar-refractivity contribution >= 4 is 65.6 Å². The van der Waals surface area contributed by atoms with E-state index in [0.717, 1.165) is 100 Å². The molecule has 0 unspecified atom stereocenters. The van der Waals surface area contributed by atoms with Gasteiger partial charge in [0.25, 0.3) is 0 Å². The lowest BCUT2D eigenvalue weighted by Gasteiger charge is -2.13. The Hall–Kier alpha value is -8.48. The predicted octanol–water partition coefficient (Wildman–Crippen LogP) is 14.4. The van der Waals surface area contributed by atoms with Gasteiger partial charge in [0.1, 0.15) is 11.2 Å². The molecule has 6 nitrogen and oxygen atoms in total. The van der Waals surface area contributed by atoms with Gasteiger partial charge >= 0.3 is 0 Å². The number of hydrogen-bond acceptors (Lipinski definition) is 3. The van der Waals surface area contributed by atoms with Gasteiger partial charge in [-0.25, -0.2) is 0 Å². The lowest BCUT2D eigenvalue weighted by molar-refractivity contribution is 0.669. The van der Waals surface area contributed by atoms with Gasteiger partial charge in [0, 0.05) is 66.6 Å². The first kappa shape index (κ1) is 34.4. The molecule has 0 saturated carbocycles. The molecule has 0 atom stereocenters. The van der Waals surface area contributed by atoms with Crippen LogP contribution in [0, 0.1) is 0 Å². The summed E-state index contributed by atoms with van der Waals surface area (Å²) in [6.07, 6.45) is 0. The van der Waals surface area contributed by atoms with Crippen molar-refractivity contribution < 1.29 is 4.42 Å². The van der Waals surface area contributed by atoms with Crippen molar-refractivity contribution in [1.29, 1.82) is 0 Å². The van der Waals surface area contributed by atoms with Crippen LogP contribution in [0.2, 0.25) is 0 Å². The van der Waals surface area contributed by atoms with Gasteiger partial charge in [-0.1, -0.05) is 127 Å². The lowest BCUT2D eigenvalue weighted by atomic mass is 10.0. The molecule has 0 radical (unpaired) electrons. The third kappa shape index (κ3) is 5.23. The molecular weight excluding hydrogens is 759 g/mol. The van der Waals surface area contributed by atoms with Crippen LogP contribution in [0.3, 0.4) is 0 Å². The molecule has 0 aliphatic heterocycles. The van der Waals surface area contributed by atoms with E-state index in [9.17, 15) is 0 Å². The van der Waals surface area contributed by atoms with E-state index in [1.54, 1.807) is 0 Å². The molecule has 0 bridgehead atoms. The Morgan fingerprint density at radius 1 is 0.274 bits per heavy atom. The summed E-state index contributed by atoms with van der Waals surface area (Å²) in [6, 6.07) is 75.2. The summed E-state index contributed by atoms with van der Waals surface area (Å²) in [5.74, 6) is 1.60. The maximum Gasteiger partial charge on any atom is 0.168 e. The molecule has 13 rings (SSSR count). The fourth-order valence-electron chi connectivity index (χ4n) is 9.57. The second-order valence-corrected chi connectivity index (χ2v) is 15.9. The third-order valence-corrected chi connectivity index (χ3v) is 12.4. The first-order valence-corrected chi connectivity index (χ1v) is 20.9. The lowest BCUT2D eigenvalue weighted by Crippen LogP contribution is -2.00. The summed E-state index contributed by atoms with van der Waals surface area (Å²) in [6.45, 7) is 0. The SMILES string of the molecule is c1ccc(-c2nnc(-c3ccc4c(c3)c3ccccc3n4-c3cccc(-c4cccc(-n5c6ccccc6c6cc7c(cc65)oc5ccccc57)c4)c3)n2-c2ccccc2)cc1. The summed E-state index contributed by atoms with van der Waals surface area (Å²) in [4.78, 5) is 0. The van der Waals surface area contributed by atoms with E-state index in [4.69, 9.17) is 14.6 Å². The van der Waals surface area contributed by atoms with Crippen molar-refractivity contribution in [3.63, 3.8) is 0 Å². The second-order valence-electron chi connectivity index (χ2n) is 15.9. The first-order chi connectivity index (χ1) is 30.7. The van der Waals surface area contributed by atoms with Crippen LogP contribution in [0.5, 0.6) is 0 Å². The monoisotopic (exact) mass is 793 g/mol. The predicted molar refractivity (Wildman–Crippen MR) is 254 cm³/mol. The van der Waals surface area contributed by atoms with Crippen molar-refractivity contribution in [3.8, 4) is 51.0 Å². The minimum Gasteiger partial charge on any atom is -0.456 e. The number of para-hydroxylation sites is 4. The quantitative estimate of drug-likeness (QED) is 0.168. The number of furan rings is 1. The molecule has 62 heavy (non-hydrogen) atoms. The van der Waals surface area contributed by atoms with E-state index >= 15 is 0 Å². The van der Waals surface area contributed by atoms with E-state index in [0.29, 0.717) is 0 Å². The Labute approximate surface area is 355 Å². The van der Waals surface area contributed by atoms with Gasteiger partial charge in [-0.05, 0) is 90.0 Å². The van der Waals surface area contributed by atoms with Crippen molar-refractivity contribution in [3.05, 3.63) is 212 Å². The van der Waals surface area contributed by atoms with Gasteiger partial charge in [-0.3, -0.25) is 4.57 Å². The molecule has 4 aromatic heterocycles. The molecule has 9 aromatic carbocycles. The number of aromatic nitrogens is 5. The molecule has 0 spiro atoms. The third-order valence-electron chi connectivity index (χ3n) is 12.4. The zero-order valence-corrected chi connectivity index (χ0v) is 33.4. The Morgan fingerprint density at radius 3 is 1.48 bits per heavy atom. The number of rotatable bonds is 6. The topological polar surface area (TPSA) is 53.7 Å². The molecule has 290 valence electrons. The molecule has 6 heteroatoms. The highest BCUT2D eigenvalue weighted by molar-refractivity contribution is 6.17. The summed E-state index contributed by atoms with van der Waals surface area (Å²) >= 11 is 0. The van der Waals surface area contributed by atoms with Crippen molar-refractivity contribution in [2.24, 2.45) is 0 Å². The molecule has 0 N–H and O–H groups in total. The van der Waals surface area contributed by atoms with Crippen LogP contribution in [0.25, 0.3) is 117 Å². The molecule has 0 aliphatic carbocycles. The Bertz CT molecular complexity index is 3870. The zero-order valence-electron chi connectivity index (χ0n) is 33.4. The highest BCUT2D eigenvalue weighted by atomic mass is 16.3. The van der Waals surface area contributed by atoms with Crippen molar-refractivity contribution in [2.45, 2.75) is 0 Å². The smallest absolute Gasteiger partial charge is 0.168 e. The highest BCUT2D eigenvalue weighted by Gasteiger charge is 2.21. The van der Waals surface area contributed by atoms with Gasteiger partial charge in [0.05, 0.1) is 22.1 Å². The number of hydrogen-bond donors (Lipinski definition) is 0. The second kappa shape index (κ2) is 13.5. The van der Waals surface area contributed by atoms with Gasteiger partial charge in [-0.15, -0.1) is 10.2 Å². The molecule has 0 saturated heterocycles. The minimum absolute atomic E-state index is 0.793. The molecular formula is C56H35N5O. The van der Waals surface area contributed by atoms with E-state index < -0.39 is 0 Å². The van der Waals surface area contributed by atoms with E-state index in [1.807, 2.05) is 36.4 Å². The average Bonchev–Trinajstić information content (AvgIpc) is 4.11. The van der Waals surface area contributed by atoms with Gasteiger partial charge in [0.15, 0.2) is 11.6 Å². The van der Waals surface area contributed by atoms with Crippen LogP contribution in [-0.4, -0.2) is 23.9 Å². The first-order valence-electron chi connectivity index (χ1n) is 20.9. The summed E-state index contributed by atoms with van der Waals surface area (Å²) in [5, 5.41) is 16.6. The largest absolute Gasteiger partial charge is 0.456 e. The van der Waals surface area contributed by atoms with Crippen LogP contribution in [0.4, 0.5) is 0 Å². The molecule has 13 aromatic rings. The fraction of sp³-hybridized carbons (Fsp3) is 0. The Kier molecular flexibility index (Phi) is 7.50. The summed E-state index contributed by atoms with van der Waals surface area (Å²) < 4.78 is 13.3. The van der Waals surface area contributed by atoms with Crippen LogP contribution in [0.1, 0.15) is 0 Å². The van der Waals surface area contributed by atoms with Gasteiger partial charge in [-0.2, -0.15) is 0 Å². The normalized spacial score (nSPS) is 11.9. The van der Waals surface area contributed by atoms with E-state index in [1.165, 1.54) is 16.2 Å². The molecule has 0 aliphatic rings. The van der Waals surface area contributed by atoms with Crippen LogP contribution < -0.4 is 0 Å². The number of benzene rings is 9. The van der Waals surface area contributed by atoms with Crippen molar-refractivity contribution in [1.82, 2.24) is 23.9 Å². The summed E-state index contributed by atoms with van der Waals surface area (Å²) in [7, 11) is 0. The average molecular weight is 794 g/mol. The number of fused-ring (bicyclic) bond motifs is 9.